The van der Waals surface area contributed by atoms with Gasteiger partial charge in [0.1, 0.15) is 0 Å². The first-order valence-electron chi connectivity index (χ1n) is 7.19. The molecule has 2 aliphatic heterocycles. The molecule has 20 heavy (non-hydrogen) atoms. The maximum Gasteiger partial charge on any atom is 0.310 e. The fourth-order valence-electron chi connectivity index (χ4n) is 3.84. The fourth-order valence-corrected chi connectivity index (χ4v) is 4.20. The molecule has 0 spiro atoms. The van der Waals surface area contributed by atoms with E-state index in [4.69, 9.17) is 4.74 Å². The maximum atomic E-state index is 12.2. The molecule has 3 rings (SSSR count). The minimum Gasteiger partial charge on any atom is -0.469 e. The Bertz CT molecular complexity index is 500. The molecule has 1 N–H and O–H groups in total. The number of rotatable bonds is 2. The summed E-state index contributed by atoms with van der Waals surface area (Å²) in [4.78, 5) is 12.2. The van der Waals surface area contributed by atoms with Gasteiger partial charge in [-0.25, -0.2) is 0 Å². The number of carbonyl (C=O) groups is 1. The van der Waals surface area contributed by atoms with Gasteiger partial charge in [-0.15, -0.1) is 0 Å². The van der Waals surface area contributed by atoms with Crippen LogP contribution in [0.1, 0.15) is 31.2 Å². The van der Waals surface area contributed by atoms with Crippen molar-refractivity contribution >= 4 is 28.6 Å². The molecule has 2 aliphatic rings. The van der Waals surface area contributed by atoms with E-state index in [0.717, 1.165) is 12.8 Å². The van der Waals surface area contributed by atoms with Gasteiger partial charge in [0.05, 0.1) is 13.0 Å². The van der Waals surface area contributed by atoms with Crippen LogP contribution < -0.4 is 5.32 Å². The molecule has 108 valence electrons. The first-order valence-corrected chi connectivity index (χ1v) is 8.27. The van der Waals surface area contributed by atoms with Crippen LogP contribution in [0.4, 0.5) is 0 Å². The van der Waals surface area contributed by atoms with Crippen LogP contribution in [-0.4, -0.2) is 25.2 Å². The van der Waals surface area contributed by atoms with Crippen molar-refractivity contribution in [2.24, 2.45) is 11.8 Å². The summed E-state index contributed by atoms with van der Waals surface area (Å²) in [6, 6.07) is 9.37. The summed E-state index contributed by atoms with van der Waals surface area (Å²) in [7, 11) is 1.50. The van der Waals surface area contributed by atoms with E-state index in [-0.39, 0.29) is 23.8 Å². The van der Waals surface area contributed by atoms with E-state index >= 15 is 0 Å². The summed E-state index contributed by atoms with van der Waals surface area (Å²) in [5.41, 5.74) is 1.27. The fraction of sp³-hybridized carbons (Fsp3) is 0.562. The number of carbonyl (C=O) groups excluding carboxylic acids is 1. The van der Waals surface area contributed by atoms with Gasteiger partial charge in [0.15, 0.2) is 0 Å². The Labute approximate surface area is 133 Å². The minimum atomic E-state index is -0.0707. The van der Waals surface area contributed by atoms with Gasteiger partial charge in [-0.1, -0.05) is 19.1 Å². The third kappa shape index (κ3) is 2.48. The summed E-state index contributed by atoms with van der Waals surface area (Å²) in [6.45, 7) is 2.28. The molecular formula is C16H20INO2. The molecule has 0 unspecified atom stereocenters. The molecule has 1 aromatic carbocycles. The smallest absolute Gasteiger partial charge is 0.310 e. The Hall–Kier alpha value is -0.620. The second-order valence-corrected chi connectivity index (χ2v) is 7.28. The minimum absolute atomic E-state index is 0.0544. The van der Waals surface area contributed by atoms with Gasteiger partial charge in [-0.2, -0.15) is 0 Å². The van der Waals surface area contributed by atoms with E-state index in [9.17, 15) is 4.79 Å². The van der Waals surface area contributed by atoms with Gasteiger partial charge >= 0.3 is 5.97 Å². The molecule has 0 aliphatic carbocycles. The van der Waals surface area contributed by atoms with Crippen molar-refractivity contribution in [1.82, 2.24) is 5.32 Å². The maximum absolute atomic E-state index is 12.2. The Kier molecular flexibility index (Phi) is 4.04. The molecule has 0 aromatic heterocycles. The van der Waals surface area contributed by atoms with E-state index in [1.807, 2.05) is 0 Å². The van der Waals surface area contributed by atoms with Gasteiger partial charge < -0.3 is 10.1 Å². The van der Waals surface area contributed by atoms with Crippen LogP contribution in [0.5, 0.6) is 0 Å². The largest absolute Gasteiger partial charge is 0.469 e. The van der Waals surface area contributed by atoms with Crippen molar-refractivity contribution in [2.75, 3.05) is 7.11 Å². The summed E-state index contributed by atoms with van der Waals surface area (Å²) >= 11 is 2.31. The molecule has 0 radical (unpaired) electrons. The Morgan fingerprint density at radius 2 is 1.95 bits per heavy atom. The molecule has 2 fully saturated rings. The molecule has 3 nitrogen and oxygen atoms in total. The lowest BCUT2D eigenvalue weighted by atomic mass is 9.77. The van der Waals surface area contributed by atoms with E-state index in [0.29, 0.717) is 12.0 Å². The summed E-state index contributed by atoms with van der Waals surface area (Å²) in [5, 5.41) is 3.61. The van der Waals surface area contributed by atoms with Crippen molar-refractivity contribution in [3.8, 4) is 0 Å². The van der Waals surface area contributed by atoms with Gasteiger partial charge in [0.2, 0.25) is 0 Å². The van der Waals surface area contributed by atoms with Crippen molar-refractivity contribution in [1.29, 1.82) is 0 Å². The Morgan fingerprint density at radius 1 is 1.25 bits per heavy atom. The van der Waals surface area contributed by atoms with Crippen LogP contribution >= 0.6 is 22.6 Å². The van der Waals surface area contributed by atoms with Crippen LogP contribution in [0.3, 0.4) is 0 Å². The molecule has 5 atom stereocenters. The van der Waals surface area contributed by atoms with Gasteiger partial charge in [-0.3, -0.25) is 4.79 Å². The predicted molar refractivity (Wildman–Crippen MR) is 86.5 cm³/mol. The molecule has 0 saturated carbocycles. The van der Waals surface area contributed by atoms with Gasteiger partial charge in [0, 0.05) is 21.6 Å². The molecular weight excluding hydrogens is 365 g/mol. The summed E-state index contributed by atoms with van der Waals surface area (Å²) < 4.78 is 6.30. The third-order valence-electron chi connectivity index (χ3n) is 4.89. The average molecular weight is 385 g/mol. The molecule has 0 amide bonds. The predicted octanol–water partition coefficient (Wildman–Crippen LogP) is 2.93. The zero-order chi connectivity index (χ0) is 14.3. The number of methoxy groups -OCH3 is 1. The summed E-state index contributed by atoms with van der Waals surface area (Å²) in [5.74, 6) is 0.793. The van der Waals surface area contributed by atoms with Crippen LogP contribution in [0, 0.1) is 15.4 Å². The highest BCUT2D eigenvalue weighted by Gasteiger charge is 2.48. The zero-order valence-corrected chi connectivity index (χ0v) is 14.0. The Morgan fingerprint density at radius 3 is 2.60 bits per heavy atom. The third-order valence-corrected chi connectivity index (χ3v) is 5.61. The molecule has 2 bridgehead atoms. The zero-order valence-electron chi connectivity index (χ0n) is 11.8. The van der Waals surface area contributed by atoms with Crippen LogP contribution in [0.15, 0.2) is 24.3 Å². The van der Waals surface area contributed by atoms with Crippen LogP contribution in [-0.2, 0) is 9.53 Å². The highest BCUT2D eigenvalue weighted by atomic mass is 127. The highest BCUT2D eigenvalue weighted by molar-refractivity contribution is 14.1. The van der Waals surface area contributed by atoms with Crippen LogP contribution in [0.2, 0.25) is 0 Å². The second-order valence-electron chi connectivity index (χ2n) is 6.04. The topological polar surface area (TPSA) is 38.3 Å². The van der Waals surface area contributed by atoms with Crippen molar-refractivity contribution in [3.05, 3.63) is 33.4 Å². The van der Waals surface area contributed by atoms with E-state index < -0.39 is 0 Å². The second kappa shape index (κ2) is 5.64. The van der Waals surface area contributed by atoms with Crippen molar-refractivity contribution in [2.45, 2.75) is 37.8 Å². The SMILES string of the molecule is COC(=O)[C@H]1[C@@H](c2ccc(I)cc2)C[C@H]2N[C@@H]1C[C@@H]2C. The van der Waals surface area contributed by atoms with E-state index in [1.165, 1.54) is 16.2 Å². The Balaban J connectivity index is 1.94. The van der Waals surface area contributed by atoms with E-state index in [2.05, 4.69) is 59.1 Å². The lowest BCUT2D eigenvalue weighted by molar-refractivity contribution is -0.148. The van der Waals surface area contributed by atoms with Crippen LogP contribution in [0.25, 0.3) is 0 Å². The number of benzene rings is 1. The molecule has 4 heteroatoms. The number of hydrogen-bond donors (Lipinski definition) is 1. The number of hydrogen-bond acceptors (Lipinski definition) is 3. The van der Waals surface area contributed by atoms with E-state index in [1.54, 1.807) is 0 Å². The number of piperidine rings is 1. The van der Waals surface area contributed by atoms with Crippen molar-refractivity contribution < 1.29 is 9.53 Å². The first kappa shape index (κ1) is 14.3. The monoisotopic (exact) mass is 385 g/mol. The normalized spacial score (nSPS) is 35.9. The number of fused-ring (bicyclic) bond motifs is 2. The lowest BCUT2D eigenvalue weighted by Crippen LogP contribution is -2.48. The standard InChI is InChI=1S/C16H20INO2/c1-9-7-14-15(16(19)20-2)12(8-13(9)18-14)10-3-5-11(17)6-4-10/h3-6,9,12-15,18H,7-8H2,1-2H3/t9-,12+,13+,14+,15-/m0/s1. The molecule has 1 aromatic rings. The number of halogens is 1. The number of nitrogens with one attached hydrogen (secondary N) is 1. The van der Waals surface area contributed by atoms with Crippen molar-refractivity contribution in [3.63, 3.8) is 0 Å². The van der Waals surface area contributed by atoms with Gasteiger partial charge in [-0.05, 0) is 59.0 Å². The highest BCUT2D eigenvalue weighted by Crippen LogP contribution is 2.44. The van der Waals surface area contributed by atoms with Gasteiger partial charge in [0.25, 0.3) is 0 Å². The number of ether oxygens (including phenoxy) is 1. The summed E-state index contributed by atoms with van der Waals surface area (Å²) in [6.07, 6.45) is 2.10. The first-order chi connectivity index (χ1) is 9.60. The number of esters is 1. The lowest BCUT2D eigenvalue weighted by Gasteiger charge is -2.36. The molecule has 2 saturated heterocycles. The quantitative estimate of drug-likeness (QED) is 0.629. The average Bonchev–Trinajstić information content (AvgIpc) is 2.74. The molecule has 2 heterocycles.